The fourth-order valence-corrected chi connectivity index (χ4v) is 2.77. The highest BCUT2D eigenvalue weighted by Crippen LogP contribution is 2.15. The average molecular weight is 359 g/mol. The summed E-state index contributed by atoms with van der Waals surface area (Å²) in [4.78, 5) is 32.7. The number of pyridine rings is 1. The van der Waals surface area contributed by atoms with Gasteiger partial charge in [-0.15, -0.1) is 0 Å². The Hall–Kier alpha value is -3.47. The second kappa shape index (κ2) is 8.27. The molecule has 0 saturated heterocycles. The molecule has 3 aromatic rings. The summed E-state index contributed by atoms with van der Waals surface area (Å²) >= 11 is 0. The van der Waals surface area contributed by atoms with Crippen LogP contribution in [0.25, 0.3) is 0 Å². The number of anilines is 1. The molecule has 5 heteroatoms. The van der Waals surface area contributed by atoms with Crippen LogP contribution in [0.1, 0.15) is 26.4 Å². The van der Waals surface area contributed by atoms with E-state index in [0.29, 0.717) is 12.1 Å². The Bertz CT molecular complexity index is 927. The molecule has 0 saturated carbocycles. The zero-order chi connectivity index (χ0) is 19.2. The molecule has 1 heterocycles. The molecule has 136 valence electrons. The van der Waals surface area contributed by atoms with Gasteiger partial charge < -0.3 is 9.80 Å². The van der Waals surface area contributed by atoms with E-state index in [0.717, 1.165) is 11.3 Å². The van der Waals surface area contributed by atoms with E-state index in [1.807, 2.05) is 60.7 Å². The van der Waals surface area contributed by atoms with Gasteiger partial charge in [0.1, 0.15) is 5.69 Å². The molecule has 3 rings (SSSR count). The van der Waals surface area contributed by atoms with Crippen LogP contribution >= 0.6 is 0 Å². The highest BCUT2D eigenvalue weighted by molar-refractivity contribution is 6.06. The number of amides is 2. The van der Waals surface area contributed by atoms with Crippen LogP contribution in [-0.2, 0) is 6.54 Å². The molecule has 2 amide bonds. The monoisotopic (exact) mass is 359 g/mol. The Morgan fingerprint density at radius 3 is 2.15 bits per heavy atom. The predicted octanol–water partition coefficient (Wildman–Crippen LogP) is 3.63. The summed E-state index contributed by atoms with van der Waals surface area (Å²) in [6.07, 6.45) is 1.50. The SMILES string of the molecule is CN(Cc1ccccc1)C(=O)c1ccnc(C(=O)N(C)c2ccccc2)c1. The van der Waals surface area contributed by atoms with Gasteiger partial charge in [0.2, 0.25) is 0 Å². The highest BCUT2D eigenvalue weighted by atomic mass is 16.2. The maximum Gasteiger partial charge on any atom is 0.276 e. The molecule has 0 bridgehead atoms. The molecule has 0 radical (unpaired) electrons. The number of rotatable bonds is 5. The van der Waals surface area contributed by atoms with Crippen LogP contribution in [0.4, 0.5) is 5.69 Å². The molecule has 27 heavy (non-hydrogen) atoms. The predicted molar refractivity (Wildman–Crippen MR) is 106 cm³/mol. The van der Waals surface area contributed by atoms with Gasteiger partial charge in [-0.2, -0.15) is 0 Å². The molecule has 0 unspecified atom stereocenters. The summed E-state index contributed by atoms with van der Waals surface area (Å²) in [5.41, 5.74) is 2.48. The molecular weight excluding hydrogens is 338 g/mol. The molecule has 5 nitrogen and oxygen atoms in total. The fraction of sp³-hybridized carbons (Fsp3) is 0.136. The Morgan fingerprint density at radius 1 is 0.852 bits per heavy atom. The van der Waals surface area contributed by atoms with Gasteiger partial charge >= 0.3 is 0 Å². The summed E-state index contributed by atoms with van der Waals surface area (Å²) in [6, 6.07) is 22.3. The maximum absolute atomic E-state index is 12.7. The van der Waals surface area contributed by atoms with Crippen LogP contribution in [-0.4, -0.2) is 35.8 Å². The summed E-state index contributed by atoms with van der Waals surface area (Å²) in [5, 5.41) is 0. The van der Waals surface area contributed by atoms with Gasteiger partial charge in [-0.25, -0.2) is 0 Å². The first kappa shape index (κ1) is 18.3. The number of nitrogens with zero attached hydrogens (tertiary/aromatic N) is 3. The topological polar surface area (TPSA) is 53.5 Å². The van der Waals surface area contributed by atoms with E-state index < -0.39 is 0 Å². The molecule has 0 aliphatic heterocycles. The molecule has 0 atom stereocenters. The third-order valence-electron chi connectivity index (χ3n) is 4.28. The Kier molecular flexibility index (Phi) is 5.61. The molecule has 0 spiro atoms. The average Bonchev–Trinajstić information content (AvgIpc) is 2.73. The number of para-hydroxylation sites is 1. The molecule has 2 aromatic carbocycles. The van der Waals surface area contributed by atoms with Crippen molar-refractivity contribution in [2.45, 2.75) is 6.54 Å². The van der Waals surface area contributed by atoms with Crippen LogP contribution in [0, 0.1) is 0 Å². The van der Waals surface area contributed by atoms with Gasteiger partial charge in [0, 0.05) is 38.1 Å². The smallest absolute Gasteiger partial charge is 0.276 e. The van der Waals surface area contributed by atoms with E-state index in [2.05, 4.69) is 4.98 Å². The van der Waals surface area contributed by atoms with Crippen molar-refractivity contribution in [3.05, 3.63) is 95.8 Å². The first-order valence-corrected chi connectivity index (χ1v) is 8.65. The molecule has 0 aliphatic carbocycles. The molecule has 0 aliphatic rings. The van der Waals surface area contributed by atoms with Crippen LogP contribution in [0.15, 0.2) is 79.0 Å². The zero-order valence-electron chi connectivity index (χ0n) is 15.4. The normalized spacial score (nSPS) is 10.3. The van der Waals surface area contributed by atoms with Crippen molar-refractivity contribution < 1.29 is 9.59 Å². The van der Waals surface area contributed by atoms with Gasteiger partial charge in [0.25, 0.3) is 11.8 Å². The molecule has 0 N–H and O–H groups in total. The first-order chi connectivity index (χ1) is 13.1. The number of aromatic nitrogens is 1. The molecule has 0 fully saturated rings. The van der Waals surface area contributed by atoms with Crippen molar-refractivity contribution in [2.75, 3.05) is 19.0 Å². The van der Waals surface area contributed by atoms with Gasteiger partial charge in [-0.3, -0.25) is 14.6 Å². The van der Waals surface area contributed by atoms with Crippen LogP contribution in [0.2, 0.25) is 0 Å². The number of carbonyl (C=O) groups excluding carboxylic acids is 2. The van der Waals surface area contributed by atoms with Crippen LogP contribution in [0.5, 0.6) is 0 Å². The molecule has 1 aromatic heterocycles. The van der Waals surface area contributed by atoms with Gasteiger partial charge in [0.15, 0.2) is 0 Å². The van der Waals surface area contributed by atoms with Crippen molar-refractivity contribution in [3.63, 3.8) is 0 Å². The van der Waals surface area contributed by atoms with Crippen molar-refractivity contribution in [3.8, 4) is 0 Å². The lowest BCUT2D eigenvalue weighted by atomic mass is 10.1. The van der Waals surface area contributed by atoms with Gasteiger partial charge in [-0.05, 0) is 29.8 Å². The van der Waals surface area contributed by atoms with E-state index in [4.69, 9.17) is 0 Å². The van der Waals surface area contributed by atoms with Crippen molar-refractivity contribution in [2.24, 2.45) is 0 Å². The third-order valence-corrected chi connectivity index (χ3v) is 4.28. The standard InChI is InChI=1S/C22H21N3O2/c1-24(16-17-9-5-3-6-10-17)21(26)18-13-14-23-20(15-18)22(27)25(2)19-11-7-4-8-12-19/h3-15H,16H2,1-2H3. The third kappa shape index (κ3) is 4.39. The summed E-state index contributed by atoms with van der Waals surface area (Å²) in [5.74, 6) is -0.417. The summed E-state index contributed by atoms with van der Waals surface area (Å²) in [6.45, 7) is 0.495. The van der Waals surface area contributed by atoms with Crippen molar-refractivity contribution in [1.29, 1.82) is 0 Å². The zero-order valence-corrected chi connectivity index (χ0v) is 15.4. The molecular formula is C22H21N3O2. The minimum absolute atomic E-state index is 0.155. The van der Waals surface area contributed by atoms with E-state index in [1.54, 1.807) is 31.1 Å². The van der Waals surface area contributed by atoms with E-state index in [1.165, 1.54) is 11.1 Å². The summed E-state index contributed by atoms with van der Waals surface area (Å²) in [7, 11) is 3.43. The van der Waals surface area contributed by atoms with Crippen LogP contribution < -0.4 is 4.90 Å². The van der Waals surface area contributed by atoms with Crippen LogP contribution in [0.3, 0.4) is 0 Å². The number of hydrogen-bond donors (Lipinski definition) is 0. The second-order valence-electron chi connectivity index (χ2n) is 6.28. The number of carbonyl (C=O) groups is 2. The van der Waals surface area contributed by atoms with Gasteiger partial charge in [-0.1, -0.05) is 48.5 Å². The Morgan fingerprint density at radius 2 is 1.48 bits per heavy atom. The minimum atomic E-state index is -0.262. The number of benzene rings is 2. The second-order valence-corrected chi connectivity index (χ2v) is 6.28. The Labute approximate surface area is 158 Å². The minimum Gasteiger partial charge on any atom is -0.337 e. The van der Waals surface area contributed by atoms with E-state index in [-0.39, 0.29) is 17.5 Å². The quantitative estimate of drug-likeness (QED) is 0.699. The maximum atomic E-state index is 12.7. The first-order valence-electron chi connectivity index (χ1n) is 8.65. The lowest BCUT2D eigenvalue weighted by molar-refractivity contribution is 0.0785. The van der Waals surface area contributed by atoms with E-state index >= 15 is 0 Å². The number of hydrogen-bond acceptors (Lipinski definition) is 3. The van der Waals surface area contributed by atoms with E-state index in [9.17, 15) is 9.59 Å². The fourth-order valence-electron chi connectivity index (χ4n) is 2.77. The van der Waals surface area contributed by atoms with Crippen molar-refractivity contribution in [1.82, 2.24) is 9.88 Å². The highest BCUT2D eigenvalue weighted by Gasteiger charge is 2.18. The summed E-state index contributed by atoms with van der Waals surface area (Å²) < 4.78 is 0. The van der Waals surface area contributed by atoms with Crippen molar-refractivity contribution >= 4 is 17.5 Å². The lowest BCUT2D eigenvalue weighted by Crippen LogP contribution is -2.29. The Balaban J connectivity index is 1.76. The van der Waals surface area contributed by atoms with Gasteiger partial charge in [0.05, 0.1) is 0 Å². The largest absolute Gasteiger partial charge is 0.337 e. The lowest BCUT2D eigenvalue weighted by Gasteiger charge is -2.19.